The number of benzene rings is 1. The lowest BCUT2D eigenvalue weighted by molar-refractivity contribution is 0.201. The Morgan fingerprint density at radius 1 is 1.07 bits per heavy atom. The van der Waals surface area contributed by atoms with E-state index in [-0.39, 0.29) is 0 Å². The van der Waals surface area contributed by atoms with Crippen LogP contribution in [-0.4, -0.2) is 11.7 Å². The fourth-order valence-electron chi connectivity index (χ4n) is 2.18. The molecule has 0 saturated heterocycles. The minimum Gasteiger partial charge on any atom is -0.396 e. The van der Waals surface area contributed by atoms with Gasteiger partial charge in [0.25, 0.3) is 0 Å². The van der Waals surface area contributed by atoms with Crippen molar-refractivity contribution in [2.75, 3.05) is 6.61 Å². The summed E-state index contributed by atoms with van der Waals surface area (Å²) in [5.74, 6) is 0.911. The maximum Gasteiger partial charge on any atom is 0.0468 e. The van der Waals surface area contributed by atoms with Gasteiger partial charge in [0, 0.05) is 6.61 Å². The minimum absolute atomic E-state index is 0.296. The van der Waals surface area contributed by atoms with Crippen molar-refractivity contribution in [1.82, 2.24) is 0 Å². The molecule has 0 fully saturated rings. The number of hydrogen-bond donors (Lipinski definition) is 1. The second kappa shape index (κ2) is 4.43. The Kier molecular flexibility index (Phi) is 3.00. The average Bonchev–Trinajstić information content (AvgIpc) is 2.30. The predicted octanol–water partition coefficient (Wildman–Crippen LogP) is 2.73. The van der Waals surface area contributed by atoms with Gasteiger partial charge in [-0.3, -0.25) is 0 Å². The first-order valence-corrected chi connectivity index (χ1v) is 5.22. The quantitative estimate of drug-likeness (QED) is 0.707. The maximum atomic E-state index is 9.29. The Hall–Kier alpha value is -1.08. The SMILES string of the molecule is OC[C@H]1CC=CC[C@@H]1c1ccccc1. The molecule has 0 bridgehead atoms. The van der Waals surface area contributed by atoms with Gasteiger partial charge in [-0.2, -0.15) is 0 Å². The predicted molar refractivity (Wildman–Crippen MR) is 58.1 cm³/mol. The summed E-state index contributed by atoms with van der Waals surface area (Å²) in [6.45, 7) is 0.296. The third kappa shape index (κ3) is 1.88. The molecule has 14 heavy (non-hydrogen) atoms. The molecule has 0 unspecified atom stereocenters. The number of aliphatic hydroxyl groups excluding tert-OH is 1. The van der Waals surface area contributed by atoms with Crippen LogP contribution < -0.4 is 0 Å². The van der Waals surface area contributed by atoms with E-state index in [4.69, 9.17) is 0 Å². The highest BCUT2D eigenvalue weighted by molar-refractivity contribution is 5.22. The van der Waals surface area contributed by atoms with Gasteiger partial charge in [-0.1, -0.05) is 42.5 Å². The summed E-state index contributed by atoms with van der Waals surface area (Å²) < 4.78 is 0. The van der Waals surface area contributed by atoms with E-state index in [1.165, 1.54) is 5.56 Å². The zero-order valence-electron chi connectivity index (χ0n) is 8.26. The molecule has 0 amide bonds. The second-order valence-electron chi connectivity index (χ2n) is 3.90. The van der Waals surface area contributed by atoms with Crippen molar-refractivity contribution >= 4 is 0 Å². The van der Waals surface area contributed by atoms with E-state index in [0.29, 0.717) is 18.4 Å². The smallest absolute Gasteiger partial charge is 0.0468 e. The lowest BCUT2D eigenvalue weighted by Gasteiger charge is -2.27. The van der Waals surface area contributed by atoms with E-state index < -0.39 is 0 Å². The number of aliphatic hydroxyl groups is 1. The van der Waals surface area contributed by atoms with E-state index in [2.05, 4.69) is 36.4 Å². The number of allylic oxidation sites excluding steroid dienone is 2. The maximum absolute atomic E-state index is 9.29. The fraction of sp³-hybridized carbons (Fsp3) is 0.385. The van der Waals surface area contributed by atoms with Crippen molar-refractivity contribution in [2.24, 2.45) is 5.92 Å². The first kappa shape index (κ1) is 9.47. The Morgan fingerprint density at radius 3 is 2.50 bits per heavy atom. The van der Waals surface area contributed by atoms with E-state index >= 15 is 0 Å². The van der Waals surface area contributed by atoms with Gasteiger partial charge in [0.15, 0.2) is 0 Å². The van der Waals surface area contributed by atoms with E-state index in [1.54, 1.807) is 0 Å². The molecular weight excluding hydrogens is 172 g/mol. The zero-order chi connectivity index (χ0) is 9.80. The van der Waals surface area contributed by atoms with Crippen LogP contribution in [-0.2, 0) is 0 Å². The molecule has 2 rings (SSSR count). The second-order valence-corrected chi connectivity index (χ2v) is 3.90. The van der Waals surface area contributed by atoms with Gasteiger partial charge in [0.05, 0.1) is 0 Å². The average molecular weight is 188 g/mol. The van der Waals surface area contributed by atoms with E-state index in [0.717, 1.165) is 12.8 Å². The molecule has 1 aliphatic rings. The van der Waals surface area contributed by atoms with Crippen LogP contribution in [0.4, 0.5) is 0 Å². The van der Waals surface area contributed by atoms with Crippen molar-refractivity contribution in [1.29, 1.82) is 0 Å². The Morgan fingerprint density at radius 2 is 1.79 bits per heavy atom. The van der Waals surface area contributed by atoms with Crippen molar-refractivity contribution in [2.45, 2.75) is 18.8 Å². The van der Waals surface area contributed by atoms with Crippen molar-refractivity contribution in [3.8, 4) is 0 Å². The summed E-state index contributed by atoms with van der Waals surface area (Å²) in [4.78, 5) is 0. The molecular formula is C13H16O. The monoisotopic (exact) mass is 188 g/mol. The summed E-state index contributed by atoms with van der Waals surface area (Å²) in [7, 11) is 0. The molecule has 0 aromatic heterocycles. The Bertz CT molecular complexity index is 302. The minimum atomic E-state index is 0.296. The van der Waals surface area contributed by atoms with Gasteiger partial charge in [-0.15, -0.1) is 0 Å². The normalized spacial score (nSPS) is 26.4. The van der Waals surface area contributed by atoms with Crippen LogP contribution in [0.3, 0.4) is 0 Å². The molecule has 1 heteroatoms. The van der Waals surface area contributed by atoms with Crippen LogP contribution in [0.2, 0.25) is 0 Å². The highest BCUT2D eigenvalue weighted by Gasteiger charge is 2.22. The third-order valence-corrected chi connectivity index (χ3v) is 3.03. The highest BCUT2D eigenvalue weighted by Crippen LogP contribution is 2.33. The fourth-order valence-corrected chi connectivity index (χ4v) is 2.18. The molecule has 0 saturated carbocycles. The van der Waals surface area contributed by atoms with E-state index in [9.17, 15) is 5.11 Å². The molecule has 1 N–H and O–H groups in total. The molecule has 1 aromatic rings. The van der Waals surface area contributed by atoms with Gasteiger partial charge < -0.3 is 5.11 Å². The Balaban J connectivity index is 2.20. The van der Waals surface area contributed by atoms with Crippen LogP contribution in [0, 0.1) is 5.92 Å². The first-order valence-electron chi connectivity index (χ1n) is 5.22. The molecule has 0 heterocycles. The summed E-state index contributed by atoms with van der Waals surface area (Å²) in [6, 6.07) is 10.5. The molecule has 1 aliphatic carbocycles. The molecule has 0 aliphatic heterocycles. The standard InChI is InChI=1S/C13H16O/c14-10-12-8-4-5-9-13(12)11-6-2-1-3-7-11/h1-7,12-14H,8-10H2/t12-,13-/m1/s1. The van der Waals surface area contributed by atoms with Gasteiger partial charge in [0.1, 0.15) is 0 Å². The van der Waals surface area contributed by atoms with Gasteiger partial charge in [-0.05, 0) is 30.2 Å². The summed E-state index contributed by atoms with van der Waals surface area (Å²) >= 11 is 0. The third-order valence-electron chi connectivity index (χ3n) is 3.03. The molecule has 0 spiro atoms. The molecule has 1 aromatic carbocycles. The molecule has 74 valence electrons. The van der Waals surface area contributed by atoms with Gasteiger partial charge >= 0.3 is 0 Å². The summed E-state index contributed by atoms with van der Waals surface area (Å²) in [6.07, 6.45) is 6.48. The lowest BCUT2D eigenvalue weighted by Crippen LogP contribution is -2.18. The van der Waals surface area contributed by atoms with Crippen molar-refractivity contribution < 1.29 is 5.11 Å². The molecule has 2 atom stereocenters. The van der Waals surface area contributed by atoms with E-state index in [1.807, 2.05) is 6.07 Å². The van der Waals surface area contributed by atoms with Crippen LogP contribution in [0.25, 0.3) is 0 Å². The largest absolute Gasteiger partial charge is 0.396 e. The van der Waals surface area contributed by atoms with Crippen LogP contribution in [0.5, 0.6) is 0 Å². The van der Waals surface area contributed by atoms with Crippen molar-refractivity contribution in [3.63, 3.8) is 0 Å². The Labute approximate surface area is 85.1 Å². The number of rotatable bonds is 2. The first-order chi connectivity index (χ1) is 6.92. The molecule has 1 nitrogen and oxygen atoms in total. The zero-order valence-corrected chi connectivity index (χ0v) is 8.26. The van der Waals surface area contributed by atoms with Gasteiger partial charge in [0.2, 0.25) is 0 Å². The lowest BCUT2D eigenvalue weighted by atomic mass is 9.79. The summed E-state index contributed by atoms with van der Waals surface area (Å²) in [5, 5.41) is 9.29. The van der Waals surface area contributed by atoms with Crippen LogP contribution in [0.1, 0.15) is 24.3 Å². The van der Waals surface area contributed by atoms with Crippen molar-refractivity contribution in [3.05, 3.63) is 48.0 Å². The van der Waals surface area contributed by atoms with Crippen LogP contribution in [0.15, 0.2) is 42.5 Å². The topological polar surface area (TPSA) is 20.2 Å². The van der Waals surface area contributed by atoms with Gasteiger partial charge in [-0.25, -0.2) is 0 Å². The molecule has 0 radical (unpaired) electrons. The summed E-state index contributed by atoms with van der Waals surface area (Å²) in [5.41, 5.74) is 1.36. The van der Waals surface area contributed by atoms with Crippen LogP contribution >= 0.6 is 0 Å². The highest BCUT2D eigenvalue weighted by atomic mass is 16.3. The number of hydrogen-bond acceptors (Lipinski definition) is 1.